The molecule has 0 saturated heterocycles. The molecule has 1 aromatic carbocycles. The van der Waals surface area contributed by atoms with Crippen LogP contribution in [0.1, 0.15) is 38.3 Å². The lowest BCUT2D eigenvalue weighted by molar-refractivity contribution is 0.298. The van der Waals surface area contributed by atoms with E-state index >= 15 is 0 Å². The lowest BCUT2D eigenvalue weighted by Crippen LogP contribution is -2.36. The van der Waals surface area contributed by atoms with Crippen molar-refractivity contribution in [1.82, 2.24) is 4.90 Å². The Morgan fingerprint density at radius 3 is 2.11 bits per heavy atom. The van der Waals surface area contributed by atoms with E-state index in [9.17, 15) is 0 Å². The standard InChI is InChI=1S/C16H28N2/c1-5-14-6-8-15(9-7-14)10-12-18(4)13-11-16(2,3)17/h6-9H,5,10-13,17H2,1-4H3. The van der Waals surface area contributed by atoms with Gasteiger partial charge < -0.3 is 10.6 Å². The molecule has 1 aromatic rings. The van der Waals surface area contributed by atoms with Gasteiger partial charge in [0.15, 0.2) is 0 Å². The molecular weight excluding hydrogens is 220 g/mol. The van der Waals surface area contributed by atoms with Gasteiger partial charge in [-0.1, -0.05) is 31.2 Å². The Hall–Kier alpha value is -0.860. The zero-order valence-corrected chi connectivity index (χ0v) is 12.4. The van der Waals surface area contributed by atoms with Crippen LogP contribution >= 0.6 is 0 Å². The van der Waals surface area contributed by atoms with Crippen molar-refractivity contribution in [2.45, 2.75) is 45.6 Å². The highest BCUT2D eigenvalue weighted by atomic mass is 15.1. The highest BCUT2D eigenvalue weighted by molar-refractivity contribution is 5.22. The van der Waals surface area contributed by atoms with Crippen molar-refractivity contribution in [2.24, 2.45) is 5.73 Å². The summed E-state index contributed by atoms with van der Waals surface area (Å²) in [6.07, 6.45) is 3.27. The summed E-state index contributed by atoms with van der Waals surface area (Å²) in [6.45, 7) is 8.53. The molecular formula is C16H28N2. The molecule has 0 saturated carbocycles. The third-order valence-corrected chi connectivity index (χ3v) is 3.35. The second kappa shape index (κ2) is 6.91. The molecule has 0 aromatic heterocycles. The molecule has 0 spiro atoms. The average molecular weight is 248 g/mol. The van der Waals surface area contributed by atoms with E-state index in [-0.39, 0.29) is 5.54 Å². The second-order valence-electron chi connectivity index (χ2n) is 5.96. The number of likely N-dealkylation sites (N-methyl/N-ethyl adjacent to an activating group) is 1. The Bertz CT molecular complexity index is 335. The smallest absolute Gasteiger partial charge is 0.0109 e. The van der Waals surface area contributed by atoms with Gasteiger partial charge in [-0.15, -0.1) is 0 Å². The van der Waals surface area contributed by atoms with Crippen molar-refractivity contribution >= 4 is 0 Å². The first kappa shape index (κ1) is 15.2. The first-order valence-electron chi connectivity index (χ1n) is 6.96. The van der Waals surface area contributed by atoms with Gasteiger partial charge in [0, 0.05) is 12.1 Å². The Morgan fingerprint density at radius 1 is 1.06 bits per heavy atom. The number of rotatable bonds is 7. The summed E-state index contributed by atoms with van der Waals surface area (Å²) in [6, 6.07) is 8.97. The van der Waals surface area contributed by atoms with Crippen LogP contribution in [0.15, 0.2) is 24.3 Å². The third kappa shape index (κ3) is 6.18. The molecule has 2 N–H and O–H groups in total. The van der Waals surface area contributed by atoms with Crippen LogP contribution in [0.25, 0.3) is 0 Å². The zero-order valence-electron chi connectivity index (χ0n) is 12.4. The van der Waals surface area contributed by atoms with Gasteiger partial charge in [-0.3, -0.25) is 0 Å². The fourth-order valence-electron chi connectivity index (χ4n) is 1.85. The minimum absolute atomic E-state index is 0.0585. The summed E-state index contributed by atoms with van der Waals surface area (Å²) in [5.74, 6) is 0. The van der Waals surface area contributed by atoms with Crippen LogP contribution in [0.2, 0.25) is 0 Å². The van der Waals surface area contributed by atoms with Crippen LogP contribution in [0.3, 0.4) is 0 Å². The van der Waals surface area contributed by atoms with Gasteiger partial charge in [-0.25, -0.2) is 0 Å². The number of nitrogens with zero attached hydrogens (tertiary/aromatic N) is 1. The van der Waals surface area contributed by atoms with Crippen LogP contribution < -0.4 is 5.73 Å². The third-order valence-electron chi connectivity index (χ3n) is 3.35. The van der Waals surface area contributed by atoms with E-state index < -0.39 is 0 Å². The van der Waals surface area contributed by atoms with E-state index in [0.29, 0.717) is 0 Å². The lowest BCUT2D eigenvalue weighted by Gasteiger charge is -2.23. The van der Waals surface area contributed by atoms with Crippen molar-refractivity contribution in [3.8, 4) is 0 Å². The number of aryl methyl sites for hydroxylation is 1. The average Bonchev–Trinajstić information content (AvgIpc) is 2.33. The largest absolute Gasteiger partial charge is 0.326 e. The first-order chi connectivity index (χ1) is 8.40. The molecule has 0 aliphatic rings. The van der Waals surface area contributed by atoms with Gasteiger partial charge >= 0.3 is 0 Å². The predicted molar refractivity (Wildman–Crippen MR) is 79.9 cm³/mol. The van der Waals surface area contributed by atoms with E-state index in [1.54, 1.807) is 0 Å². The Balaban J connectivity index is 2.31. The molecule has 1 rings (SSSR count). The molecule has 0 unspecified atom stereocenters. The van der Waals surface area contributed by atoms with Gasteiger partial charge in [0.25, 0.3) is 0 Å². The normalized spacial score (nSPS) is 12.1. The van der Waals surface area contributed by atoms with Gasteiger partial charge in [-0.2, -0.15) is 0 Å². The molecule has 102 valence electrons. The van der Waals surface area contributed by atoms with Crippen LogP contribution in [-0.4, -0.2) is 30.6 Å². The van der Waals surface area contributed by atoms with E-state index in [4.69, 9.17) is 5.73 Å². The van der Waals surface area contributed by atoms with Crippen LogP contribution in [-0.2, 0) is 12.8 Å². The monoisotopic (exact) mass is 248 g/mol. The van der Waals surface area contributed by atoms with Gasteiger partial charge in [0.1, 0.15) is 0 Å². The fourth-order valence-corrected chi connectivity index (χ4v) is 1.85. The Kier molecular flexibility index (Phi) is 5.83. The van der Waals surface area contributed by atoms with Crippen molar-refractivity contribution in [3.05, 3.63) is 35.4 Å². The summed E-state index contributed by atoms with van der Waals surface area (Å²) in [5, 5.41) is 0. The molecule has 0 radical (unpaired) electrons. The quantitative estimate of drug-likeness (QED) is 0.804. The first-order valence-corrected chi connectivity index (χ1v) is 6.96. The molecule has 0 aliphatic carbocycles. The zero-order chi connectivity index (χ0) is 13.6. The molecule has 0 heterocycles. The summed E-state index contributed by atoms with van der Waals surface area (Å²) < 4.78 is 0. The highest BCUT2D eigenvalue weighted by Gasteiger charge is 2.11. The molecule has 2 nitrogen and oxygen atoms in total. The summed E-state index contributed by atoms with van der Waals surface area (Å²) >= 11 is 0. The van der Waals surface area contributed by atoms with Crippen molar-refractivity contribution in [2.75, 3.05) is 20.1 Å². The summed E-state index contributed by atoms with van der Waals surface area (Å²) in [7, 11) is 2.17. The predicted octanol–water partition coefficient (Wildman–Crippen LogP) is 2.85. The van der Waals surface area contributed by atoms with E-state index in [2.05, 4.69) is 57.0 Å². The fraction of sp³-hybridized carbons (Fsp3) is 0.625. The van der Waals surface area contributed by atoms with Gasteiger partial charge in [0.05, 0.1) is 0 Å². The highest BCUT2D eigenvalue weighted by Crippen LogP contribution is 2.08. The van der Waals surface area contributed by atoms with Crippen LogP contribution in [0, 0.1) is 0 Å². The molecule has 0 aliphatic heterocycles. The molecule has 0 atom stereocenters. The van der Waals surface area contributed by atoms with E-state index in [0.717, 1.165) is 32.4 Å². The van der Waals surface area contributed by atoms with Crippen LogP contribution in [0.4, 0.5) is 0 Å². The molecule has 0 amide bonds. The number of hydrogen-bond donors (Lipinski definition) is 1. The SMILES string of the molecule is CCc1ccc(CCN(C)CCC(C)(C)N)cc1. The van der Waals surface area contributed by atoms with Gasteiger partial charge in [-0.05, 0) is 57.8 Å². The number of nitrogens with two attached hydrogens (primary N) is 1. The molecule has 18 heavy (non-hydrogen) atoms. The minimum Gasteiger partial charge on any atom is -0.326 e. The molecule has 0 fully saturated rings. The Morgan fingerprint density at radius 2 is 1.61 bits per heavy atom. The topological polar surface area (TPSA) is 29.3 Å². The minimum atomic E-state index is -0.0585. The van der Waals surface area contributed by atoms with Crippen molar-refractivity contribution < 1.29 is 0 Å². The maximum absolute atomic E-state index is 6.00. The molecule has 2 heteroatoms. The summed E-state index contributed by atoms with van der Waals surface area (Å²) in [5.41, 5.74) is 8.77. The maximum atomic E-state index is 6.00. The van der Waals surface area contributed by atoms with Crippen LogP contribution in [0.5, 0.6) is 0 Å². The number of hydrogen-bond acceptors (Lipinski definition) is 2. The van der Waals surface area contributed by atoms with Crippen molar-refractivity contribution in [3.63, 3.8) is 0 Å². The molecule has 0 bridgehead atoms. The number of benzene rings is 1. The van der Waals surface area contributed by atoms with E-state index in [1.165, 1.54) is 11.1 Å². The van der Waals surface area contributed by atoms with E-state index in [1.807, 2.05) is 0 Å². The van der Waals surface area contributed by atoms with Crippen molar-refractivity contribution in [1.29, 1.82) is 0 Å². The second-order valence-corrected chi connectivity index (χ2v) is 5.96. The maximum Gasteiger partial charge on any atom is 0.0109 e. The lowest BCUT2D eigenvalue weighted by atomic mass is 10.0. The Labute approximate surface area is 112 Å². The van der Waals surface area contributed by atoms with Gasteiger partial charge in [0.2, 0.25) is 0 Å². The summed E-state index contributed by atoms with van der Waals surface area (Å²) in [4.78, 5) is 2.36.